The normalized spacial score (nSPS) is 30.2. The van der Waals surface area contributed by atoms with Gasteiger partial charge in [-0.25, -0.2) is 0 Å². The summed E-state index contributed by atoms with van der Waals surface area (Å²) >= 11 is 0. The van der Waals surface area contributed by atoms with Crippen LogP contribution >= 0.6 is 0 Å². The number of carbonyl (C=O) groups excluding carboxylic acids is 1. The van der Waals surface area contributed by atoms with Gasteiger partial charge in [0.05, 0.1) is 23.5 Å². The van der Waals surface area contributed by atoms with Crippen molar-refractivity contribution in [1.29, 1.82) is 0 Å². The Balaban J connectivity index is 1.19. The van der Waals surface area contributed by atoms with E-state index in [1.165, 1.54) is 5.56 Å². The van der Waals surface area contributed by atoms with Crippen LogP contribution in [0.2, 0.25) is 0 Å². The van der Waals surface area contributed by atoms with Crippen molar-refractivity contribution in [3.63, 3.8) is 0 Å². The molecule has 30 heavy (non-hydrogen) atoms. The summed E-state index contributed by atoms with van der Waals surface area (Å²) in [6, 6.07) is 10.4. The average Bonchev–Trinajstić information content (AvgIpc) is 3.52. The zero-order valence-electron chi connectivity index (χ0n) is 17.5. The molecule has 1 aromatic carbocycles. The van der Waals surface area contributed by atoms with Gasteiger partial charge in [0.2, 0.25) is 0 Å². The van der Waals surface area contributed by atoms with E-state index < -0.39 is 0 Å². The van der Waals surface area contributed by atoms with Crippen molar-refractivity contribution in [2.24, 2.45) is 11.8 Å². The molecule has 3 aliphatic rings. The quantitative estimate of drug-likeness (QED) is 0.768. The minimum Gasteiger partial charge on any atom is -0.370 e. The molecule has 1 amide bonds. The lowest BCUT2D eigenvalue weighted by molar-refractivity contribution is 0.00366. The van der Waals surface area contributed by atoms with Crippen LogP contribution in [0.3, 0.4) is 0 Å². The predicted octanol–water partition coefficient (Wildman–Crippen LogP) is 2.83. The van der Waals surface area contributed by atoms with Crippen molar-refractivity contribution in [2.45, 2.75) is 38.0 Å². The highest BCUT2D eigenvalue weighted by Gasteiger charge is 2.62. The molecule has 0 unspecified atom stereocenters. The number of nitrogens with zero attached hydrogens (tertiary/aromatic N) is 3. The summed E-state index contributed by atoms with van der Waals surface area (Å²) in [7, 11) is 0. The molecule has 2 aromatic rings. The van der Waals surface area contributed by atoms with E-state index in [0.717, 1.165) is 39.0 Å². The molecule has 4 atom stereocenters. The Kier molecular flexibility index (Phi) is 5.21. The molecule has 4 heterocycles. The summed E-state index contributed by atoms with van der Waals surface area (Å²) < 4.78 is 8.30. The maximum absolute atomic E-state index is 12.5. The van der Waals surface area contributed by atoms with E-state index in [2.05, 4.69) is 51.7 Å². The van der Waals surface area contributed by atoms with Gasteiger partial charge < -0.3 is 10.1 Å². The van der Waals surface area contributed by atoms with E-state index in [4.69, 9.17) is 4.74 Å². The first-order chi connectivity index (χ1) is 14.7. The van der Waals surface area contributed by atoms with Crippen molar-refractivity contribution in [3.05, 3.63) is 59.9 Å². The zero-order chi connectivity index (χ0) is 20.6. The van der Waals surface area contributed by atoms with Gasteiger partial charge >= 0.3 is 0 Å². The van der Waals surface area contributed by atoms with Crippen molar-refractivity contribution in [2.75, 3.05) is 26.2 Å². The molecule has 0 radical (unpaired) electrons. The van der Waals surface area contributed by atoms with Crippen LogP contribution in [0, 0.1) is 11.8 Å². The SMILES string of the molecule is CCn1cc(C(=O)NC[C@H]2[C@H]3CN(C/C=C/c4ccccc4)C[C@]34CC[C@H]2O4)cn1. The summed E-state index contributed by atoms with van der Waals surface area (Å²) in [5.41, 5.74) is 1.86. The molecule has 1 spiro atoms. The second-order valence-electron chi connectivity index (χ2n) is 8.83. The van der Waals surface area contributed by atoms with Gasteiger partial charge in [0.1, 0.15) is 0 Å². The summed E-state index contributed by atoms with van der Waals surface area (Å²) in [6.07, 6.45) is 10.4. The number of rotatable bonds is 7. The Labute approximate surface area is 177 Å². The molecule has 6 nitrogen and oxygen atoms in total. The number of aromatic nitrogens is 2. The molecular formula is C24H30N4O2. The van der Waals surface area contributed by atoms with Crippen LogP contribution in [0.5, 0.6) is 0 Å². The van der Waals surface area contributed by atoms with Crippen molar-refractivity contribution < 1.29 is 9.53 Å². The lowest BCUT2D eigenvalue weighted by Gasteiger charge is -2.29. The molecule has 3 saturated heterocycles. The number of fused-ring (bicyclic) bond motifs is 1. The van der Waals surface area contributed by atoms with Crippen LogP contribution < -0.4 is 5.32 Å². The van der Waals surface area contributed by atoms with Crippen LogP contribution in [0.25, 0.3) is 6.08 Å². The molecule has 5 rings (SSSR count). The van der Waals surface area contributed by atoms with Gasteiger partial charge in [0.15, 0.2) is 0 Å². The van der Waals surface area contributed by atoms with E-state index in [1.807, 2.05) is 19.2 Å². The monoisotopic (exact) mass is 406 g/mol. The van der Waals surface area contributed by atoms with Crippen LogP contribution in [0.15, 0.2) is 48.8 Å². The highest BCUT2D eigenvalue weighted by molar-refractivity contribution is 5.93. The Morgan fingerprint density at radius 3 is 3.03 bits per heavy atom. The van der Waals surface area contributed by atoms with Gasteiger partial charge in [-0.05, 0) is 25.3 Å². The largest absolute Gasteiger partial charge is 0.370 e. The topological polar surface area (TPSA) is 59.4 Å². The number of hydrogen-bond acceptors (Lipinski definition) is 4. The molecule has 0 saturated carbocycles. The van der Waals surface area contributed by atoms with Crippen molar-refractivity contribution in [3.8, 4) is 0 Å². The minimum absolute atomic E-state index is 0.00621. The first-order valence-electron chi connectivity index (χ1n) is 11.1. The van der Waals surface area contributed by atoms with Crippen LogP contribution in [-0.2, 0) is 11.3 Å². The molecule has 0 aliphatic carbocycles. The molecular weight excluding hydrogens is 376 g/mol. The third-order valence-corrected chi connectivity index (χ3v) is 7.05. The third-order valence-electron chi connectivity index (χ3n) is 7.05. The molecule has 1 N–H and O–H groups in total. The Bertz CT molecular complexity index is 924. The fraction of sp³-hybridized carbons (Fsp3) is 0.500. The number of likely N-dealkylation sites (tertiary alicyclic amines) is 1. The number of ether oxygens (including phenoxy) is 1. The third kappa shape index (κ3) is 3.59. The Morgan fingerprint density at radius 1 is 1.37 bits per heavy atom. The molecule has 3 aliphatic heterocycles. The maximum atomic E-state index is 12.5. The second kappa shape index (κ2) is 8.00. The molecule has 6 heteroatoms. The predicted molar refractivity (Wildman–Crippen MR) is 116 cm³/mol. The van der Waals surface area contributed by atoms with Gasteiger partial charge in [-0.2, -0.15) is 5.10 Å². The highest BCUT2D eigenvalue weighted by atomic mass is 16.5. The fourth-order valence-electron chi connectivity index (χ4n) is 5.57. The number of benzene rings is 1. The number of aryl methyl sites for hydroxylation is 1. The minimum atomic E-state index is -0.0350. The van der Waals surface area contributed by atoms with E-state index >= 15 is 0 Å². The second-order valence-corrected chi connectivity index (χ2v) is 8.83. The number of nitrogens with one attached hydrogen (secondary N) is 1. The van der Waals surface area contributed by atoms with E-state index in [1.54, 1.807) is 10.9 Å². The van der Waals surface area contributed by atoms with Gasteiger partial charge in [-0.1, -0.05) is 42.5 Å². The first kappa shape index (κ1) is 19.5. The summed E-state index contributed by atoms with van der Waals surface area (Å²) in [4.78, 5) is 15.0. The molecule has 3 fully saturated rings. The molecule has 2 bridgehead atoms. The lowest BCUT2D eigenvalue weighted by Crippen LogP contribution is -2.41. The van der Waals surface area contributed by atoms with E-state index in [-0.39, 0.29) is 17.6 Å². The number of carbonyl (C=O) groups is 1. The highest BCUT2D eigenvalue weighted by Crippen LogP contribution is 2.54. The van der Waals surface area contributed by atoms with Gasteiger partial charge in [0, 0.05) is 50.8 Å². The van der Waals surface area contributed by atoms with E-state index in [9.17, 15) is 4.79 Å². The van der Waals surface area contributed by atoms with Crippen molar-refractivity contribution in [1.82, 2.24) is 20.0 Å². The van der Waals surface area contributed by atoms with Gasteiger partial charge in [-0.3, -0.25) is 14.4 Å². The fourth-order valence-corrected chi connectivity index (χ4v) is 5.57. The standard InChI is InChI=1S/C24H30N4O2/c1-2-28-15-19(13-26-28)23(29)25-14-20-21-16-27(17-24(21)11-10-22(20)30-24)12-6-9-18-7-4-3-5-8-18/h3-9,13,15,20-22H,2,10-12,14,16-17H2,1H3,(H,25,29)/b9-6+/t20-,21+,22+,24+/m0/s1. The summed E-state index contributed by atoms with van der Waals surface area (Å²) in [5, 5.41) is 7.35. The van der Waals surface area contributed by atoms with Crippen LogP contribution in [0.4, 0.5) is 0 Å². The van der Waals surface area contributed by atoms with E-state index in [0.29, 0.717) is 23.9 Å². The lowest BCUT2D eigenvalue weighted by atomic mass is 9.73. The van der Waals surface area contributed by atoms with Crippen LogP contribution in [0.1, 0.15) is 35.7 Å². The van der Waals surface area contributed by atoms with Crippen LogP contribution in [-0.4, -0.2) is 58.5 Å². The zero-order valence-corrected chi connectivity index (χ0v) is 17.5. The molecule has 158 valence electrons. The maximum Gasteiger partial charge on any atom is 0.254 e. The molecule has 1 aromatic heterocycles. The first-order valence-corrected chi connectivity index (χ1v) is 11.1. The summed E-state index contributed by atoms with van der Waals surface area (Å²) in [5.74, 6) is 0.860. The average molecular weight is 407 g/mol. The summed E-state index contributed by atoms with van der Waals surface area (Å²) in [6.45, 7) is 6.45. The smallest absolute Gasteiger partial charge is 0.254 e. The number of amides is 1. The van der Waals surface area contributed by atoms with Gasteiger partial charge in [-0.15, -0.1) is 0 Å². The number of hydrogen-bond donors (Lipinski definition) is 1. The van der Waals surface area contributed by atoms with Gasteiger partial charge in [0.25, 0.3) is 5.91 Å². The Hall–Kier alpha value is -2.44. The Morgan fingerprint density at radius 2 is 2.23 bits per heavy atom. The van der Waals surface area contributed by atoms with Crippen molar-refractivity contribution >= 4 is 12.0 Å².